The molecule has 1 atom stereocenters. The van der Waals surface area contributed by atoms with E-state index in [-0.39, 0.29) is 28.6 Å². The Bertz CT molecular complexity index is 934. The predicted molar refractivity (Wildman–Crippen MR) is 115 cm³/mol. The normalized spacial score (nSPS) is 15.3. The lowest BCUT2D eigenvalue weighted by atomic mass is 9.92. The van der Waals surface area contributed by atoms with Crippen molar-refractivity contribution in [2.75, 3.05) is 7.11 Å². The molecule has 0 bridgehead atoms. The van der Waals surface area contributed by atoms with Crippen LogP contribution in [0.1, 0.15) is 60.8 Å². The van der Waals surface area contributed by atoms with Gasteiger partial charge in [-0.2, -0.15) is 0 Å². The molecule has 1 amide bonds. The molecule has 0 aliphatic heterocycles. The third-order valence-electron chi connectivity index (χ3n) is 5.27. The monoisotopic (exact) mass is 436 g/mol. The highest BCUT2D eigenvalue weighted by Gasteiger charge is 2.31. The Morgan fingerprint density at radius 2 is 1.97 bits per heavy atom. The average Bonchev–Trinajstić information content (AvgIpc) is 3.34. The van der Waals surface area contributed by atoms with Crippen molar-refractivity contribution in [2.24, 2.45) is 5.92 Å². The van der Waals surface area contributed by atoms with Crippen molar-refractivity contribution in [3.05, 3.63) is 46.2 Å². The summed E-state index contributed by atoms with van der Waals surface area (Å²) in [4.78, 5) is 14.1. The van der Waals surface area contributed by atoms with Gasteiger partial charge in [-0.15, -0.1) is 11.3 Å². The van der Waals surface area contributed by atoms with Gasteiger partial charge < -0.3 is 10.1 Å². The van der Waals surface area contributed by atoms with E-state index in [1.807, 2.05) is 17.5 Å². The number of rotatable bonds is 10. The minimum Gasteiger partial charge on any atom is -0.495 e. The van der Waals surface area contributed by atoms with E-state index in [4.69, 9.17) is 4.74 Å². The number of amides is 1. The number of hydrogen-bond donors (Lipinski definition) is 2. The van der Waals surface area contributed by atoms with E-state index < -0.39 is 10.0 Å². The Morgan fingerprint density at radius 1 is 1.24 bits per heavy atom. The van der Waals surface area contributed by atoms with Crippen LogP contribution in [0.25, 0.3) is 0 Å². The summed E-state index contributed by atoms with van der Waals surface area (Å²) in [5.41, 5.74) is 0.300. The van der Waals surface area contributed by atoms with Gasteiger partial charge in [-0.1, -0.05) is 32.8 Å². The fourth-order valence-electron chi connectivity index (χ4n) is 3.39. The van der Waals surface area contributed by atoms with Crippen LogP contribution in [0.15, 0.2) is 40.6 Å². The molecule has 0 spiro atoms. The molecule has 158 valence electrons. The Kier molecular flexibility index (Phi) is 6.97. The maximum absolute atomic E-state index is 13.0. The number of methoxy groups -OCH3 is 1. The van der Waals surface area contributed by atoms with Crippen molar-refractivity contribution in [2.45, 2.75) is 56.5 Å². The number of ether oxygens (including phenoxy) is 1. The van der Waals surface area contributed by atoms with Crippen molar-refractivity contribution in [1.82, 2.24) is 10.0 Å². The summed E-state index contributed by atoms with van der Waals surface area (Å²) >= 11 is 1.61. The number of nitrogens with one attached hydrogen (secondary N) is 2. The first-order chi connectivity index (χ1) is 13.9. The van der Waals surface area contributed by atoms with Crippen LogP contribution in [0.2, 0.25) is 0 Å². The maximum atomic E-state index is 13.0. The molecule has 1 aliphatic rings. The maximum Gasteiger partial charge on any atom is 0.251 e. The summed E-state index contributed by atoms with van der Waals surface area (Å²) in [6.45, 7) is 4.23. The highest BCUT2D eigenvalue weighted by atomic mass is 32.2. The van der Waals surface area contributed by atoms with Crippen molar-refractivity contribution in [3.8, 4) is 5.75 Å². The molecule has 0 saturated heterocycles. The van der Waals surface area contributed by atoms with E-state index in [2.05, 4.69) is 23.9 Å². The molecule has 1 aromatic carbocycles. The van der Waals surface area contributed by atoms with Gasteiger partial charge in [-0.25, -0.2) is 13.1 Å². The van der Waals surface area contributed by atoms with Crippen LogP contribution < -0.4 is 14.8 Å². The van der Waals surface area contributed by atoms with Gasteiger partial charge in [0.15, 0.2) is 0 Å². The van der Waals surface area contributed by atoms with Crippen LogP contribution in [0.5, 0.6) is 5.75 Å². The van der Waals surface area contributed by atoms with Crippen LogP contribution in [-0.2, 0) is 10.0 Å². The molecule has 1 aliphatic carbocycles. The molecule has 1 aromatic heterocycles. The van der Waals surface area contributed by atoms with Crippen molar-refractivity contribution in [3.63, 3.8) is 0 Å². The summed E-state index contributed by atoms with van der Waals surface area (Å²) in [5.74, 6) is 0.237. The molecule has 8 heteroatoms. The largest absolute Gasteiger partial charge is 0.495 e. The SMILES string of the molecule is CCC(CC)C(NC(=O)c1ccc(OC)c(S(=O)(=O)NC2CC2)c1)c1cccs1. The van der Waals surface area contributed by atoms with Gasteiger partial charge in [0.2, 0.25) is 10.0 Å². The Balaban J connectivity index is 1.88. The lowest BCUT2D eigenvalue weighted by Gasteiger charge is -2.25. The molecule has 6 nitrogen and oxygen atoms in total. The first kappa shape index (κ1) is 21.8. The second-order valence-electron chi connectivity index (χ2n) is 7.30. The molecule has 1 heterocycles. The molecule has 2 N–H and O–H groups in total. The summed E-state index contributed by atoms with van der Waals surface area (Å²) < 4.78 is 33.3. The van der Waals surface area contributed by atoms with Crippen LogP contribution in [-0.4, -0.2) is 27.5 Å². The quantitative estimate of drug-likeness (QED) is 0.587. The molecule has 1 unspecified atom stereocenters. The zero-order valence-electron chi connectivity index (χ0n) is 17.0. The topological polar surface area (TPSA) is 84.5 Å². The summed E-state index contributed by atoms with van der Waals surface area (Å²) in [7, 11) is -2.32. The van der Waals surface area contributed by atoms with Gasteiger partial charge in [-0.3, -0.25) is 4.79 Å². The second kappa shape index (κ2) is 9.28. The Labute approximate surface area is 176 Å². The van der Waals surface area contributed by atoms with Gasteiger partial charge in [-0.05, 0) is 48.4 Å². The second-order valence-corrected chi connectivity index (χ2v) is 9.97. The molecule has 2 aromatic rings. The van der Waals surface area contributed by atoms with Crippen molar-refractivity contribution in [1.29, 1.82) is 0 Å². The van der Waals surface area contributed by atoms with Crippen molar-refractivity contribution < 1.29 is 17.9 Å². The average molecular weight is 437 g/mol. The number of carbonyl (C=O) groups excluding carboxylic acids is 1. The summed E-state index contributed by atoms with van der Waals surface area (Å²) in [6, 6.07) is 8.40. The first-order valence-electron chi connectivity index (χ1n) is 9.94. The minimum absolute atomic E-state index is 0.00485. The molecule has 1 saturated carbocycles. The lowest BCUT2D eigenvalue weighted by Crippen LogP contribution is -2.33. The van der Waals surface area contributed by atoms with Gasteiger partial charge >= 0.3 is 0 Å². The number of carbonyl (C=O) groups is 1. The lowest BCUT2D eigenvalue weighted by molar-refractivity contribution is 0.0920. The summed E-state index contributed by atoms with van der Waals surface area (Å²) in [5, 5.41) is 5.12. The number of hydrogen-bond acceptors (Lipinski definition) is 5. The third kappa shape index (κ3) is 5.18. The van der Waals surface area contributed by atoms with Crippen LogP contribution >= 0.6 is 11.3 Å². The van der Waals surface area contributed by atoms with Crippen LogP contribution in [0.4, 0.5) is 0 Å². The van der Waals surface area contributed by atoms with E-state index in [1.54, 1.807) is 17.4 Å². The first-order valence-corrected chi connectivity index (χ1v) is 12.3. The number of thiophene rings is 1. The molecule has 29 heavy (non-hydrogen) atoms. The van der Waals surface area contributed by atoms with Gasteiger partial charge in [0.05, 0.1) is 13.2 Å². The zero-order valence-corrected chi connectivity index (χ0v) is 18.6. The van der Waals surface area contributed by atoms with Crippen LogP contribution in [0, 0.1) is 5.92 Å². The van der Waals surface area contributed by atoms with E-state index in [0.29, 0.717) is 11.5 Å². The zero-order chi connectivity index (χ0) is 21.0. The third-order valence-corrected chi connectivity index (χ3v) is 7.77. The molecule has 3 rings (SSSR count). The highest BCUT2D eigenvalue weighted by Crippen LogP contribution is 2.32. The highest BCUT2D eigenvalue weighted by molar-refractivity contribution is 7.89. The van der Waals surface area contributed by atoms with Gasteiger partial charge in [0.25, 0.3) is 5.91 Å². The molecular formula is C21H28N2O4S2. The van der Waals surface area contributed by atoms with Gasteiger partial charge in [0, 0.05) is 16.5 Å². The van der Waals surface area contributed by atoms with Crippen LogP contribution in [0.3, 0.4) is 0 Å². The molecular weight excluding hydrogens is 408 g/mol. The van der Waals surface area contributed by atoms with E-state index in [9.17, 15) is 13.2 Å². The van der Waals surface area contributed by atoms with E-state index >= 15 is 0 Å². The minimum atomic E-state index is -3.75. The van der Waals surface area contributed by atoms with E-state index in [0.717, 1.165) is 30.6 Å². The Hall–Kier alpha value is -1.90. The number of sulfonamides is 1. The Morgan fingerprint density at radius 3 is 2.52 bits per heavy atom. The fourth-order valence-corrected chi connectivity index (χ4v) is 5.76. The van der Waals surface area contributed by atoms with Gasteiger partial charge in [0.1, 0.15) is 10.6 Å². The molecule has 1 fully saturated rings. The fraction of sp³-hybridized carbons (Fsp3) is 0.476. The summed E-state index contributed by atoms with van der Waals surface area (Å²) in [6.07, 6.45) is 3.54. The molecule has 0 radical (unpaired) electrons. The smallest absolute Gasteiger partial charge is 0.251 e. The predicted octanol–water partition coefficient (Wildman–Crippen LogP) is 4.10. The standard InChI is InChI=1S/C21H28N2O4S2/c1-4-14(5-2)20(18-7-6-12-28-18)22-21(24)15-8-11-17(27-3)19(13-15)29(25,26)23-16-9-10-16/h6-8,11-14,16,20,23H,4-5,9-10H2,1-3H3,(H,22,24). The number of benzene rings is 1. The van der Waals surface area contributed by atoms with Crippen molar-refractivity contribution >= 4 is 27.3 Å². The van der Waals surface area contributed by atoms with E-state index in [1.165, 1.54) is 19.2 Å².